The number of thioether (sulfide) groups is 1. The van der Waals surface area contributed by atoms with Gasteiger partial charge in [-0.05, 0) is 17.7 Å². The minimum Gasteiger partial charge on any atom is -0.301 e. The molecule has 1 heterocycles. The summed E-state index contributed by atoms with van der Waals surface area (Å²) in [5.74, 6) is 0. The van der Waals surface area contributed by atoms with Gasteiger partial charge in [-0.15, -0.1) is 0 Å². The van der Waals surface area contributed by atoms with Gasteiger partial charge < -0.3 is 4.98 Å². The zero-order valence-corrected chi connectivity index (χ0v) is 13.4. The van der Waals surface area contributed by atoms with Crippen molar-refractivity contribution in [3.8, 4) is 0 Å². The Bertz CT molecular complexity index is 650. The highest BCUT2D eigenvalue weighted by Gasteiger charge is 2.10. The predicted octanol–water partition coefficient (Wildman–Crippen LogP) is 4.17. The number of halogens is 2. The normalized spacial score (nSPS) is 11.1. The molecule has 0 aliphatic carbocycles. The maximum atomic E-state index is 11.7. The zero-order valence-electron chi connectivity index (χ0n) is 11.1. The Kier molecular flexibility index (Phi) is 5.13. The van der Waals surface area contributed by atoms with Gasteiger partial charge in [0.25, 0.3) is 5.56 Å². The van der Waals surface area contributed by atoms with E-state index in [2.05, 4.69) is 9.97 Å². The molecule has 0 bridgehead atoms. The number of hydrogen-bond acceptors (Lipinski definition) is 3. The standard InChI is InChI=1S/C14H14Cl2N2OS/c1-8(2)20-14-17-9(7-13(19)18-14)6-10-11(15)4-3-5-12(10)16/h3-5,7-8H,6H2,1-2H3,(H,17,18,19). The smallest absolute Gasteiger partial charge is 0.251 e. The first-order chi connectivity index (χ1) is 9.45. The third kappa shape index (κ3) is 4.01. The van der Waals surface area contributed by atoms with Crippen LogP contribution in [0.2, 0.25) is 10.0 Å². The van der Waals surface area contributed by atoms with Crippen molar-refractivity contribution in [1.29, 1.82) is 0 Å². The summed E-state index contributed by atoms with van der Waals surface area (Å²) in [6.07, 6.45) is 0.439. The molecule has 0 radical (unpaired) electrons. The number of aromatic nitrogens is 2. The molecule has 1 aromatic carbocycles. The monoisotopic (exact) mass is 328 g/mol. The number of aromatic amines is 1. The summed E-state index contributed by atoms with van der Waals surface area (Å²) in [5.41, 5.74) is 1.28. The summed E-state index contributed by atoms with van der Waals surface area (Å²) in [6, 6.07) is 6.82. The van der Waals surface area contributed by atoms with Crippen LogP contribution in [0.25, 0.3) is 0 Å². The molecule has 2 rings (SSSR count). The summed E-state index contributed by atoms with van der Waals surface area (Å²) < 4.78 is 0. The van der Waals surface area contributed by atoms with E-state index in [4.69, 9.17) is 23.2 Å². The second kappa shape index (κ2) is 6.66. The molecule has 0 aliphatic heterocycles. The van der Waals surface area contributed by atoms with Crippen LogP contribution in [-0.2, 0) is 6.42 Å². The maximum Gasteiger partial charge on any atom is 0.251 e. The van der Waals surface area contributed by atoms with Gasteiger partial charge in [0, 0.05) is 27.8 Å². The first kappa shape index (κ1) is 15.4. The van der Waals surface area contributed by atoms with Crippen LogP contribution >= 0.6 is 35.0 Å². The number of H-pyrrole nitrogens is 1. The molecule has 0 spiro atoms. The van der Waals surface area contributed by atoms with Gasteiger partial charge in [0.2, 0.25) is 0 Å². The van der Waals surface area contributed by atoms with E-state index in [1.807, 2.05) is 13.8 Å². The van der Waals surface area contributed by atoms with Crippen LogP contribution in [0, 0.1) is 0 Å². The van der Waals surface area contributed by atoms with E-state index >= 15 is 0 Å². The maximum absolute atomic E-state index is 11.7. The summed E-state index contributed by atoms with van der Waals surface area (Å²) in [5, 5.41) is 2.12. The summed E-state index contributed by atoms with van der Waals surface area (Å²) in [7, 11) is 0. The second-order valence-electron chi connectivity index (χ2n) is 4.59. The third-order valence-corrected chi connectivity index (χ3v) is 4.14. The molecule has 0 amide bonds. The van der Waals surface area contributed by atoms with Crippen molar-refractivity contribution in [3.05, 3.63) is 55.9 Å². The number of hydrogen-bond donors (Lipinski definition) is 1. The van der Waals surface area contributed by atoms with Crippen LogP contribution in [0.4, 0.5) is 0 Å². The van der Waals surface area contributed by atoms with Crippen molar-refractivity contribution >= 4 is 35.0 Å². The molecule has 0 saturated carbocycles. The SMILES string of the molecule is CC(C)Sc1nc(Cc2c(Cl)cccc2Cl)cc(=O)[nH]1. The lowest BCUT2D eigenvalue weighted by Gasteiger charge is -2.08. The molecule has 20 heavy (non-hydrogen) atoms. The number of nitrogens with one attached hydrogen (secondary N) is 1. The van der Waals surface area contributed by atoms with Gasteiger partial charge in [-0.3, -0.25) is 4.79 Å². The Labute approximate surface area is 131 Å². The van der Waals surface area contributed by atoms with Crippen LogP contribution in [0.15, 0.2) is 34.2 Å². The van der Waals surface area contributed by atoms with Gasteiger partial charge in [0.05, 0.1) is 5.69 Å². The van der Waals surface area contributed by atoms with Gasteiger partial charge in [0.15, 0.2) is 5.16 Å². The molecule has 0 unspecified atom stereocenters. The fourth-order valence-corrected chi connectivity index (χ4v) is 3.04. The molecule has 1 aromatic heterocycles. The Morgan fingerprint density at radius 1 is 1.30 bits per heavy atom. The van der Waals surface area contributed by atoms with Crippen LogP contribution in [0.3, 0.4) is 0 Å². The van der Waals surface area contributed by atoms with Crippen molar-refractivity contribution in [2.75, 3.05) is 0 Å². The highest BCUT2D eigenvalue weighted by Crippen LogP contribution is 2.26. The van der Waals surface area contributed by atoms with E-state index in [-0.39, 0.29) is 5.56 Å². The molecule has 0 fully saturated rings. The van der Waals surface area contributed by atoms with Crippen LogP contribution in [0.1, 0.15) is 25.1 Å². The number of benzene rings is 1. The van der Waals surface area contributed by atoms with Gasteiger partial charge in [-0.25, -0.2) is 4.98 Å². The summed E-state index contributed by atoms with van der Waals surface area (Å²) >= 11 is 13.8. The van der Waals surface area contributed by atoms with Crippen LogP contribution in [0.5, 0.6) is 0 Å². The van der Waals surface area contributed by atoms with E-state index in [0.717, 1.165) is 5.56 Å². The second-order valence-corrected chi connectivity index (χ2v) is 6.97. The minimum absolute atomic E-state index is 0.165. The van der Waals surface area contributed by atoms with E-state index in [1.54, 1.807) is 18.2 Å². The zero-order chi connectivity index (χ0) is 14.7. The number of rotatable bonds is 4. The Morgan fingerprint density at radius 3 is 2.55 bits per heavy atom. The van der Waals surface area contributed by atoms with E-state index in [9.17, 15) is 4.79 Å². The summed E-state index contributed by atoms with van der Waals surface area (Å²) in [6.45, 7) is 4.09. The molecule has 0 atom stereocenters. The van der Waals surface area contributed by atoms with Crippen molar-refractivity contribution in [2.45, 2.75) is 30.7 Å². The quantitative estimate of drug-likeness (QED) is 0.676. The fourth-order valence-electron chi connectivity index (χ4n) is 1.74. The van der Waals surface area contributed by atoms with E-state index in [1.165, 1.54) is 17.8 Å². The lowest BCUT2D eigenvalue weighted by molar-refractivity contribution is 0.874. The van der Waals surface area contributed by atoms with Crippen molar-refractivity contribution < 1.29 is 0 Å². The molecule has 3 nitrogen and oxygen atoms in total. The summed E-state index contributed by atoms with van der Waals surface area (Å²) in [4.78, 5) is 18.8. The minimum atomic E-state index is -0.165. The van der Waals surface area contributed by atoms with Crippen molar-refractivity contribution in [1.82, 2.24) is 9.97 Å². The number of nitrogens with zero attached hydrogens (tertiary/aromatic N) is 1. The Balaban J connectivity index is 2.34. The first-order valence-corrected chi connectivity index (χ1v) is 7.79. The Morgan fingerprint density at radius 2 is 1.95 bits per heavy atom. The largest absolute Gasteiger partial charge is 0.301 e. The van der Waals surface area contributed by atoms with E-state index in [0.29, 0.717) is 32.6 Å². The molecular weight excluding hydrogens is 315 g/mol. The molecule has 106 valence electrons. The molecular formula is C14H14Cl2N2OS. The van der Waals surface area contributed by atoms with Crippen molar-refractivity contribution in [2.24, 2.45) is 0 Å². The lowest BCUT2D eigenvalue weighted by Crippen LogP contribution is -2.11. The highest BCUT2D eigenvalue weighted by atomic mass is 35.5. The van der Waals surface area contributed by atoms with Gasteiger partial charge in [0.1, 0.15) is 0 Å². The first-order valence-electron chi connectivity index (χ1n) is 6.15. The van der Waals surface area contributed by atoms with Crippen LogP contribution in [-0.4, -0.2) is 15.2 Å². The molecule has 0 aliphatic rings. The van der Waals surface area contributed by atoms with Crippen LogP contribution < -0.4 is 5.56 Å². The predicted molar refractivity (Wildman–Crippen MR) is 85.1 cm³/mol. The molecule has 6 heteroatoms. The third-order valence-electron chi connectivity index (χ3n) is 2.54. The topological polar surface area (TPSA) is 45.8 Å². The van der Waals surface area contributed by atoms with Gasteiger partial charge >= 0.3 is 0 Å². The van der Waals surface area contributed by atoms with E-state index < -0.39 is 0 Å². The van der Waals surface area contributed by atoms with Gasteiger partial charge in [-0.2, -0.15) is 0 Å². The van der Waals surface area contributed by atoms with Gasteiger partial charge in [-0.1, -0.05) is 54.9 Å². The molecule has 1 N–H and O–H groups in total. The molecule has 2 aromatic rings. The average molecular weight is 329 g/mol. The fraction of sp³-hybridized carbons (Fsp3) is 0.286. The lowest BCUT2D eigenvalue weighted by atomic mass is 10.1. The molecule has 0 saturated heterocycles. The Hall–Kier alpha value is -0.970. The highest BCUT2D eigenvalue weighted by molar-refractivity contribution is 7.99. The average Bonchev–Trinajstić information content (AvgIpc) is 2.32. The van der Waals surface area contributed by atoms with Crippen molar-refractivity contribution in [3.63, 3.8) is 0 Å².